The number of thioether (sulfide) groups is 1. The third kappa shape index (κ3) is 3.86. The molecule has 0 fully saturated rings. The molecule has 5 N–H and O–H groups in total. The van der Waals surface area contributed by atoms with Crippen LogP contribution in [0.5, 0.6) is 0 Å². The van der Waals surface area contributed by atoms with Gasteiger partial charge in [-0.1, -0.05) is 0 Å². The van der Waals surface area contributed by atoms with Crippen LogP contribution in [0.15, 0.2) is 23.4 Å². The molecule has 0 bridgehead atoms. The summed E-state index contributed by atoms with van der Waals surface area (Å²) in [5.74, 6) is -0.374. The van der Waals surface area contributed by atoms with E-state index in [0.29, 0.717) is 5.69 Å². The van der Waals surface area contributed by atoms with Crippen molar-refractivity contribution in [3.63, 3.8) is 0 Å². The number of carbonyl (C=O) groups excluding carboxylic acids is 2. The standard InChI is InChI=1S/C8H10N4O2S/c9-5-3-11-2-1-6(5)15-4-7(13)12-8(10)14/h1-3H,4,9H2,(H3,10,12,13,14). The van der Waals surface area contributed by atoms with Gasteiger partial charge in [-0.05, 0) is 6.07 Å². The predicted octanol–water partition coefficient (Wildman–Crippen LogP) is -0.0492. The fraction of sp³-hybridized carbons (Fsp3) is 0.125. The lowest BCUT2D eigenvalue weighted by molar-refractivity contribution is -0.117. The number of pyridine rings is 1. The zero-order valence-electron chi connectivity index (χ0n) is 7.77. The first-order valence-corrected chi connectivity index (χ1v) is 4.99. The molecule has 0 aromatic carbocycles. The summed E-state index contributed by atoms with van der Waals surface area (Å²) in [6, 6.07) is 0.834. The average Bonchev–Trinajstić information content (AvgIpc) is 2.15. The van der Waals surface area contributed by atoms with Gasteiger partial charge in [0.1, 0.15) is 0 Å². The maximum absolute atomic E-state index is 11.0. The van der Waals surface area contributed by atoms with Gasteiger partial charge in [-0.3, -0.25) is 15.1 Å². The summed E-state index contributed by atoms with van der Waals surface area (Å²) in [5, 5.41) is 1.96. The van der Waals surface area contributed by atoms with Crippen LogP contribution in [0.25, 0.3) is 0 Å². The lowest BCUT2D eigenvalue weighted by Gasteiger charge is -2.03. The summed E-state index contributed by atoms with van der Waals surface area (Å²) in [6.07, 6.45) is 3.07. The zero-order valence-corrected chi connectivity index (χ0v) is 8.58. The highest BCUT2D eigenvalue weighted by atomic mass is 32.2. The Labute approximate surface area is 90.4 Å². The first kappa shape index (κ1) is 11.3. The number of urea groups is 1. The van der Waals surface area contributed by atoms with Crippen LogP contribution in [0.1, 0.15) is 0 Å². The number of anilines is 1. The minimum atomic E-state index is -0.858. The fourth-order valence-electron chi connectivity index (χ4n) is 0.842. The second-order valence-corrected chi connectivity index (χ2v) is 3.63. The molecular formula is C8H10N4O2S. The highest BCUT2D eigenvalue weighted by molar-refractivity contribution is 8.00. The Balaban J connectivity index is 2.47. The van der Waals surface area contributed by atoms with E-state index < -0.39 is 11.9 Å². The van der Waals surface area contributed by atoms with Gasteiger partial charge in [-0.2, -0.15) is 0 Å². The Hall–Kier alpha value is -1.76. The van der Waals surface area contributed by atoms with Crippen LogP contribution in [0.3, 0.4) is 0 Å². The van der Waals surface area contributed by atoms with Gasteiger partial charge in [-0.15, -0.1) is 11.8 Å². The van der Waals surface area contributed by atoms with Gasteiger partial charge < -0.3 is 11.5 Å². The Kier molecular flexibility index (Phi) is 3.92. The summed E-state index contributed by atoms with van der Waals surface area (Å²) >= 11 is 1.21. The van der Waals surface area contributed by atoms with E-state index >= 15 is 0 Å². The van der Waals surface area contributed by atoms with Crippen LogP contribution in [0, 0.1) is 0 Å². The highest BCUT2D eigenvalue weighted by Gasteiger charge is 2.06. The molecular weight excluding hydrogens is 216 g/mol. The van der Waals surface area contributed by atoms with E-state index in [1.54, 1.807) is 12.3 Å². The third-order valence-electron chi connectivity index (χ3n) is 1.43. The molecule has 1 rings (SSSR count). The van der Waals surface area contributed by atoms with Crippen molar-refractivity contribution in [2.24, 2.45) is 5.73 Å². The molecule has 3 amide bonds. The Bertz CT molecular complexity index is 383. The molecule has 6 nitrogen and oxygen atoms in total. The van der Waals surface area contributed by atoms with Crippen LogP contribution in [0.2, 0.25) is 0 Å². The number of rotatable bonds is 3. The molecule has 0 radical (unpaired) electrons. The van der Waals surface area contributed by atoms with Crippen molar-refractivity contribution in [2.75, 3.05) is 11.5 Å². The van der Waals surface area contributed by atoms with E-state index in [1.807, 2.05) is 5.32 Å². The number of nitrogens with one attached hydrogen (secondary N) is 1. The minimum Gasteiger partial charge on any atom is -0.397 e. The van der Waals surface area contributed by atoms with Crippen LogP contribution < -0.4 is 16.8 Å². The molecule has 7 heteroatoms. The molecule has 15 heavy (non-hydrogen) atoms. The fourth-order valence-corrected chi connectivity index (χ4v) is 1.58. The summed E-state index contributed by atoms with van der Waals surface area (Å²) in [4.78, 5) is 25.9. The van der Waals surface area contributed by atoms with Crippen molar-refractivity contribution in [1.29, 1.82) is 0 Å². The molecule has 0 aliphatic heterocycles. The molecule has 0 spiro atoms. The maximum atomic E-state index is 11.0. The van der Waals surface area contributed by atoms with Gasteiger partial charge in [0.15, 0.2) is 0 Å². The Morgan fingerprint density at radius 1 is 1.53 bits per heavy atom. The number of nitrogens with zero attached hydrogens (tertiary/aromatic N) is 1. The van der Waals surface area contributed by atoms with Crippen molar-refractivity contribution in [3.05, 3.63) is 18.5 Å². The van der Waals surface area contributed by atoms with Crippen molar-refractivity contribution in [2.45, 2.75) is 4.90 Å². The molecule has 1 aromatic rings. The summed E-state index contributed by atoms with van der Waals surface area (Å²) in [6.45, 7) is 0. The van der Waals surface area contributed by atoms with Gasteiger partial charge in [-0.25, -0.2) is 4.79 Å². The molecule has 0 saturated heterocycles. The molecule has 1 heterocycles. The largest absolute Gasteiger partial charge is 0.397 e. The second kappa shape index (κ2) is 5.20. The number of carbonyl (C=O) groups is 2. The first-order chi connectivity index (χ1) is 7.09. The average molecular weight is 226 g/mol. The normalized spacial score (nSPS) is 9.60. The number of aromatic nitrogens is 1. The van der Waals surface area contributed by atoms with E-state index in [0.717, 1.165) is 4.90 Å². The molecule has 0 atom stereocenters. The lowest BCUT2D eigenvalue weighted by Crippen LogP contribution is -2.36. The van der Waals surface area contributed by atoms with Gasteiger partial charge >= 0.3 is 6.03 Å². The minimum absolute atomic E-state index is 0.0805. The van der Waals surface area contributed by atoms with E-state index in [1.165, 1.54) is 18.0 Å². The van der Waals surface area contributed by atoms with Gasteiger partial charge in [0.05, 0.1) is 17.6 Å². The SMILES string of the molecule is NC(=O)NC(=O)CSc1ccncc1N. The van der Waals surface area contributed by atoms with Crippen LogP contribution in [0.4, 0.5) is 10.5 Å². The quantitative estimate of drug-likeness (QED) is 0.626. The molecule has 0 aliphatic carbocycles. The van der Waals surface area contributed by atoms with Crippen molar-refractivity contribution in [1.82, 2.24) is 10.3 Å². The number of amides is 3. The number of nitrogen functional groups attached to an aromatic ring is 1. The molecule has 0 saturated carbocycles. The number of imide groups is 1. The molecule has 0 aliphatic rings. The van der Waals surface area contributed by atoms with Crippen LogP contribution in [-0.2, 0) is 4.79 Å². The van der Waals surface area contributed by atoms with E-state index in [9.17, 15) is 9.59 Å². The van der Waals surface area contributed by atoms with Crippen LogP contribution in [-0.4, -0.2) is 22.7 Å². The monoisotopic (exact) mass is 226 g/mol. The lowest BCUT2D eigenvalue weighted by atomic mass is 10.4. The van der Waals surface area contributed by atoms with Crippen molar-refractivity contribution in [3.8, 4) is 0 Å². The van der Waals surface area contributed by atoms with Gasteiger partial charge in [0.2, 0.25) is 5.91 Å². The maximum Gasteiger partial charge on any atom is 0.318 e. The van der Waals surface area contributed by atoms with E-state index in [2.05, 4.69) is 4.98 Å². The molecule has 80 valence electrons. The summed E-state index contributed by atoms with van der Waals surface area (Å²) in [7, 11) is 0. The smallest absolute Gasteiger partial charge is 0.318 e. The Morgan fingerprint density at radius 3 is 2.87 bits per heavy atom. The number of primary amides is 1. The summed E-state index contributed by atoms with van der Waals surface area (Å²) < 4.78 is 0. The van der Waals surface area contributed by atoms with Crippen molar-refractivity contribution < 1.29 is 9.59 Å². The van der Waals surface area contributed by atoms with Gasteiger partial charge in [0.25, 0.3) is 0 Å². The summed E-state index contributed by atoms with van der Waals surface area (Å²) in [5.41, 5.74) is 10.9. The van der Waals surface area contributed by atoms with Crippen molar-refractivity contribution >= 4 is 29.4 Å². The highest BCUT2D eigenvalue weighted by Crippen LogP contribution is 2.22. The molecule has 1 aromatic heterocycles. The third-order valence-corrected chi connectivity index (χ3v) is 2.52. The number of hydrogen-bond acceptors (Lipinski definition) is 5. The van der Waals surface area contributed by atoms with Crippen LogP contribution >= 0.6 is 11.8 Å². The Morgan fingerprint density at radius 2 is 2.27 bits per heavy atom. The van der Waals surface area contributed by atoms with E-state index in [-0.39, 0.29) is 5.75 Å². The van der Waals surface area contributed by atoms with E-state index in [4.69, 9.17) is 11.5 Å². The number of nitrogens with two attached hydrogens (primary N) is 2. The second-order valence-electron chi connectivity index (χ2n) is 2.61. The molecule has 0 unspecified atom stereocenters. The number of hydrogen-bond donors (Lipinski definition) is 3. The predicted molar refractivity (Wildman–Crippen MR) is 57.1 cm³/mol. The topological polar surface area (TPSA) is 111 Å². The first-order valence-electron chi connectivity index (χ1n) is 4.01. The zero-order chi connectivity index (χ0) is 11.3. The van der Waals surface area contributed by atoms with Gasteiger partial charge in [0, 0.05) is 11.1 Å².